The Labute approximate surface area is 142 Å². The number of benzene rings is 1. The van der Waals surface area contributed by atoms with Crippen LogP contribution in [0.5, 0.6) is 0 Å². The maximum absolute atomic E-state index is 12.0. The van der Waals surface area contributed by atoms with Crippen molar-refractivity contribution in [2.45, 2.75) is 33.4 Å². The Morgan fingerprint density at radius 1 is 1.21 bits per heavy atom. The van der Waals surface area contributed by atoms with E-state index in [4.69, 9.17) is 0 Å². The summed E-state index contributed by atoms with van der Waals surface area (Å²) in [6.45, 7) is 6.15. The highest BCUT2D eigenvalue weighted by atomic mass is 16.2. The quantitative estimate of drug-likeness (QED) is 0.789. The van der Waals surface area contributed by atoms with Crippen LogP contribution < -0.4 is 16.0 Å². The zero-order chi connectivity index (χ0) is 17.7. The van der Waals surface area contributed by atoms with Crippen molar-refractivity contribution in [3.8, 4) is 0 Å². The molecule has 0 fully saturated rings. The van der Waals surface area contributed by atoms with E-state index in [1.165, 1.54) is 0 Å². The van der Waals surface area contributed by atoms with E-state index < -0.39 is 0 Å². The standard InChI is InChI=1S/C18H24N4O2/c1-12(2)20-17(23)15-5-6-16(13(3)9-15)21-18(24)19-10-14-7-8-22(4)11-14/h5-9,11-12H,10H2,1-4H3,(H,20,23)(H2,19,21,24). The molecule has 0 saturated heterocycles. The van der Waals surface area contributed by atoms with Gasteiger partial charge in [0.15, 0.2) is 0 Å². The molecule has 6 heteroatoms. The van der Waals surface area contributed by atoms with Gasteiger partial charge in [-0.05, 0) is 56.2 Å². The number of carbonyl (C=O) groups excluding carboxylic acids is 2. The minimum absolute atomic E-state index is 0.0828. The highest BCUT2D eigenvalue weighted by Crippen LogP contribution is 2.16. The van der Waals surface area contributed by atoms with Crippen molar-refractivity contribution in [3.05, 3.63) is 53.3 Å². The number of urea groups is 1. The third-order valence-corrected chi connectivity index (χ3v) is 3.50. The zero-order valence-electron chi connectivity index (χ0n) is 14.5. The lowest BCUT2D eigenvalue weighted by Crippen LogP contribution is -2.30. The number of anilines is 1. The number of nitrogens with one attached hydrogen (secondary N) is 3. The lowest BCUT2D eigenvalue weighted by atomic mass is 10.1. The molecule has 1 aromatic heterocycles. The van der Waals surface area contributed by atoms with Gasteiger partial charge in [0.05, 0.1) is 0 Å². The number of aryl methyl sites for hydroxylation is 2. The molecule has 0 atom stereocenters. The molecular formula is C18H24N4O2. The Bertz CT molecular complexity index is 734. The fraction of sp³-hybridized carbons (Fsp3) is 0.333. The first-order valence-corrected chi connectivity index (χ1v) is 7.92. The summed E-state index contributed by atoms with van der Waals surface area (Å²) in [7, 11) is 1.93. The second-order valence-electron chi connectivity index (χ2n) is 6.15. The number of amides is 3. The molecule has 1 aromatic carbocycles. The maximum Gasteiger partial charge on any atom is 0.319 e. The molecule has 2 rings (SSSR count). The molecule has 3 amide bonds. The molecule has 0 aliphatic rings. The molecule has 3 N–H and O–H groups in total. The molecule has 128 valence electrons. The smallest absolute Gasteiger partial charge is 0.319 e. The van der Waals surface area contributed by atoms with Crippen molar-refractivity contribution in [2.75, 3.05) is 5.32 Å². The molecule has 0 spiro atoms. The normalized spacial score (nSPS) is 10.5. The summed E-state index contributed by atoms with van der Waals surface area (Å²) in [5.74, 6) is -0.117. The van der Waals surface area contributed by atoms with Gasteiger partial charge in [-0.15, -0.1) is 0 Å². The predicted molar refractivity (Wildman–Crippen MR) is 95.1 cm³/mol. The van der Waals surface area contributed by atoms with Gasteiger partial charge in [-0.1, -0.05) is 0 Å². The van der Waals surface area contributed by atoms with Crippen molar-refractivity contribution in [2.24, 2.45) is 7.05 Å². The second-order valence-corrected chi connectivity index (χ2v) is 6.15. The fourth-order valence-corrected chi connectivity index (χ4v) is 2.31. The van der Waals surface area contributed by atoms with E-state index in [1.807, 2.05) is 50.8 Å². The van der Waals surface area contributed by atoms with Gasteiger partial charge in [-0.3, -0.25) is 4.79 Å². The van der Waals surface area contributed by atoms with Gasteiger partial charge in [-0.25, -0.2) is 4.79 Å². The van der Waals surface area contributed by atoms with Crippen molar-refractivity contribution in [1.82, 2.24) is 15.2 Å². The van der Waals surface area contributed by atoms with Crippen molar-refractivity contribution < 1.29 is 9.59 Å². The molecule has 0 unspecified atom stereocenters. The lowest BCUT2D eigenvalue weighted by molar-refractivity contribution is 0.0943. The van der Waals surface area contributed by atoms with Crippen LogP contribution in [-0.2, 0) is 13.6 Å². The number of hydrogen-bond acceptors (Lipinski definition) is 2. The summed E-state index contributed by atoms with van der Waals surface area (Å²) in [6.07, 6.45) is 3.88. The van der Waals surface area contributed by atoms with Gasteiger partial charge in [0.25, 0.3) is 5.91 Å². The molecule has 2 aromatic rings. The van der Waals surface area contributed by atoms with Crippen molar-refractivity contribution in [1.29, 1.82) is 0 Å². The van der Waals surface area contributed by atoms with Crippen LogP contribution in [-0.4, -0.2) is 22.5 Å². The van der Waals surface area contributed by atoms with Crippen LogP contribution in [0.4, 0.5) is 10.5 Å². The molecule has 0 radical (unpaired) electrons. The number of carbonyl (C=O) groups is 2. The van der Waals surface area contributed by atoms with Gasteiger partial charge in [-0.2, -0.15) is 0 Å². The molecule has 0 aliphatic carbocycles. The molecule has 24 heavy (non-hydrogen) atoms. The second kappa shape index (κ2) is 7.68. The fourth-order valence-electron chi connectivity index (χ4n) is 2.31. The van der Waals surface area contributed by atoms with Crippen LogP contribution in [0.3, 0.4) is 0 Å². The number of aromatic nitrogens is 1. The minimum atomic E-state index is -0.277. The van der Waals surface area contributed by atoms with Gasteiger partial charge in [0, 0.05) is 43.3 Å². The topological polar surface area (TPSA) is 75.2 Å². The van der Waals surface area contributed by atoms with E-state index in [0.717, 1.165) is 11.1 Å². The van der Waals surface area contributed by atoms with E-state index >= 15 is 0 Å². The van der Waals surface area contributed by atoms with Gasteiger partial charge in [0.2, 0.25) is 0 Å². The average molecular weight is 328 g/mol. The first kappa shape index (κ1) is 17.6. The predicted octanol–water partition coefficient (Wildman–Crippen LogP) is 2.79. The van der Waals surface area contributed by atoms with E-state index in [1.54, 1.807) is 18.2 Å². The Morgan fingerprint density at radius 2 is 1.96 bits per heavy atom. The third-order valence-electron chi connectivity index (χ3n) is 3.50. The maximum atomic E-state index is 12.0. The van der Waals surface area contributed by atoms with E-state index in [2.05, 4.69) is 16.0 Å². The first-order valence-electron chi connectivity index (χ1n) is 7.92. The number of hydrogen-bond donors (Lipinski definition) is 3. The molecule has 6 nitrogen and oxygen atoms in total. The summed E-state index contributed by atoms with van der Waals surface area (Å²) in [5.41, 5.74) is 3.13. The van der Waals surface area contributed by atoms with Gasteiger partial charge < -0.3 is 20.5 Å². The molecule has 0 saturated carbocycles. The lowest BCUT2D eigenvalue weighted by Gasteiger charge is -2.12. The molecule has 0 bridgehead atoms. The highest BCUT2D eigenvalue weighted by molar-refractivity contribution is 5.96. The van der Waals surface area contributed by atoms with Gasteiger partial charge in [0.1, 0.15) is 0 Å². The monoisotopic (exact) mass is 328 g/mol. The summed E-state index contributed by atoms with van der Waals surface area (Å²) in [6, 6.07) is 6.98. The largest absolute Gasteiger partial charge is 0.357 e. The SMILES string of the molecule is Cc1cc(C(=O)NC(C)C)ccc1NC(=O)NCc1ccn(C)c1. The first-order chi connectivity index (χ1) is 11.3. The van der Waals surface area contributed by atoms with Crippen LogP contribution in [0, 0.1) is 6.92 Å². The van der Waals surface area contributed by atoms with Crippen LogP contribution >= 0.6 is 0 Å². The van der Waals surface area contributed by atoms with Crippen LogP contribution in [0.2, 0.25) is 0 Å². The van der Waals surface area contributed by atoms with Crippen LogP contribution in [0.25, 0.3) is 0 Å². The summed E-state index contributed by atoms with van der Waals surface area (Å²) in [5, 5.41) is 8.46. The third kappa shape index (κ3) is 4.87. The van der Waals surface area contributed by atoms with E-state index in [-0.39, 0.29) is 18.0 Å². The van der Waals surface area contributed by atoms with E-state index in [9.17, 15) is 9.59 Å². The minimum Gasteiger partial charge on any atom is -0.357 e. The Hall–Kier alpha value is -2.76. The molecule has 1 heterocycles. The van der Waals surface area contributed by atoms with Crippen LogP contribution in [0.1, 0.15) is 35.3 Å². The van der Waals surface area contributed by atoms with Crippen molar-refractivity contribution >= 4 is 17.6 Å². The average Bonchev–Trinajstić information content (AvgIpc) is 2.92. The van der Waals surface area contributed by atoms with Gasteiger partial charge >= 0.3 is 6.03 Å². The number of rotatable bonds is 5. The zero-order valence-corrected chi connectivity index (χ0v) is 14.5. The Kier molecular flexibility index (Phi) is 5.63. The summed E-state index contributed by atoms with van der Waals surface area (Å²) >= 11 is 0. The summed E-state index contributed by atoms with van der Waals surface area (Å²) in [4.78, 5) is 24.0. The van der Waals surface area contributed by atoms with Crippen molar-refractivity contribution in [3.63, 3.8) is 0 Å². The Morgan fingerprint density at radius 3 is 2.54 bits per heavy atom. The molecule has 0 aliphatic heterocycles. The molecular weight excluding hydrogens is 304 g/mol. The van der Waals surface area contributed by atoms with Crippen LogP contribution in [0.15, 0.2) is 36.7 Å². The van der Waals surface area contributed by atoms with E-state index in [0.29, 0.717) is 17.8 Å². The Balaban J connectivity index is 1.94. The highest BCUT2D eigenvalue weighted by Gasteiger charge is 2.10. The summed E-state index contributed by atoms with van der Waals surface area (Å²) < 4.78 is 1.93. The number of nitrogens with zero attached hydrogens (tertiary/aromatic N) is 1.